The molecule has 1 aromatic carbocycles. The van der Waals surface area contributed by atoms with Crippen LogP contribution in [0.4, 0.5) is 0 Å². The smallest absolute Gasteiger partial charge is 0.240 e. The second kappa shape index (κ2) is 6.35. The van der Waals surface area contributed by atoms with Crippen LogP contribution in [-0.4, -0.2) is 36.6 Å². The van der Waals surface area contributed by atoms with E-state index in [4.69, 9.17) is 4.74 Å². The van der Waals surface area contributed by atoms with E-state index in [1.807, 2.05) is 37.3 Å². The van der Waals surface area contributed by atoms with Gasteiger partial charge in [-0.2, -0.15) is 5.26 Å². The van der Waals surface area contributed by atoms with Gasteiger partial charge in [-0.15, -0.1) is 0 Å². The monoisotopic (exact) mass is 258 g/mol. The first-order valence-electron chi connectivity index (χ1n) is 6.54. The van der Waals surface area contributed by atoms with Crippen LogP contribution in [0.5, 0.6) is 0 Å². The highest BCUT2D eigenvalue weighted by molar-refractivity contribution is 5.82. The molecule has 1 aromatic rings. The van der Waals surface area contributed by atoms with Crippen LogP contribution in [0.15, 0.2) is 30.3 Å². The maximum atomic E-state index is 12.4. The summed E-state index contributed by atoms with van der Waals surface area (Å²) < 4.78 is 5.32. The minimum atomic E-state index is -0.608. The Morgan fingerprint density at radius 2 is 2.26 bits per heavy atom. The van der Waals surface area contributed by atoms with Crippen molar-refractivity contribution in [3.05, 3.63) is 35.9 Å². The SMILES string of the molecule is C[C@@H]1COCCN1C(=O)C(C#N)Cc1ccccc1. The average molecular weight is 258 g/mol. The zero-order valence-electron chi connectivity index (χ0n) is 11.1. The largest absolute Gasteiger partial charge is 0.377 e. The van der Waals surface area contributed by atoms with Crippen molar-refractivity contribution in [3.63, 3.8) is 0 Å². The number of carbonyl (C=O) groups is 1. The second-order valence-electron chi connectivity index (χ2n) is 4.83. The minimum Gasteiger partial charge on any atom is -0.377 e. The lowest BCUT2D eigenvalue weighted by atomic mass is 9.98. The first kappa shape index (κ1) is 13.6. The Balaban J connectivity index is 2.05. The molecule has 0 radical (unpaired) electrons. The number of nitriles is 1. The van der Waals surface area contributed by atoms with E-state index in [-0.39, 0.29) is 11.9 Å². The molecule has 4 nitrogen and oxygen atoms in total. The van der Waals surface area contributed by atoms with Crippen LogP contribution < -0.4 is 0 Å². The van der Waals surface area contributed by atoms with Crippen LogP contribution >= 0.6 is 0 Å². The average Bonchev–Trinajstić information content (AvgIpc) is 2.46. The van der Waals surface area contributed by atoms with Gasteiger partial charge in [0.2, 0.25) is 5.91 Å². The topological polar surface area (TPSA) is 53.3 Å². The van der Waals surface area contributed by atoms with Gasteiger partial charge < -0.3 is 9.64 Å². The normalized spacial score (nSPS) is 20.6. The fourth-order valence-electron chi connectivity index (χ4n) is 2.29. The highest BCUT2D eigenvalue weighted by Crippen LogP contribution is 2.15. The number of hydrogen-bond donors (Lipinski definition) is 0. The Labute approximate surface area is 113 Å². The summed E-state index contributed by atoms with van der Waals surface area (Å²) in [6.07, 6.45) is 0.472. The number of ether oxygens (including phenoxy) is 1. The molecule has 2 atom stereocenters. The lowest BCUT2D eigenvalue weighted by Gasteiger charge is -2.34. The third-order valence-electron chi connectivity index (χ3n) is 3.39. The quantitative estimate of drug-likeness (QED) is 0.827. The molecule has 100 valence electrons. The molecule has 0 N–H and O–H groups in total. The Kier molecular flexibility index (Phi) is 4.53. The van der Waals surface area contributed by atoms with E-state index in [0.717, 1.165) is 5.56 Å². The van der Waals surface area contributed by atoms with E-state index in [1.54, 1.807) is 4.90 Å². The van der Waals surface area contributed by atoms with Crippen molar-refractivity contribution in [3.8, 4) is 6.07 Å². The molecule has 0 aliphatic carbocycles. The zero-order valence-corrected chi connectivity index (χ0v) is 11.1. The molecule has 1 aliphatic heterocycles. The number of carbonyl (C=O) groups excluding carboxylic acids is 1. The molecular weight excluding hydrogens is 240 g/mol. The van der Waals surface area contributed by atoms with E-state index < -0.39 is 5.92 Å². The molecule has 0 saturated carbocycles. The van der Waals surface area contributed by atoms with Crippen LogP contribution in [0.3, 0.4) is 0 Å². The molecule has 1 saturated heterocycles. The predicted molar refractivity (Wildman–Crippen MR) is 71.2 cm³/mol. The van der Waals surface area contributed by atoms with Crippen molar-refractivity contribution < 1.29 is 9.53 Å². The summed E-state index contributed by atoms with van der Waals surface area (Å²) in [6.45, 7) is 3.63. The van der Waals surface area contributed by atoms with Gasteiger partial charge in [-0.05, 0) is 18.9 Å². The standard InChI is InChI=1S/C15H18N2O2/c1-12-11-19-8-7-17(12)15(18)14(10-16)9-13-5-3-2-4-6-13/h2-6,12,14H,7-9,11H2,1H3/t12-,14?/m1/s1. The molecule has 1 heterocycles. The highest BCUT2D eigenvalue weighted by atomic mass is 16.5. The van der Waals surface area contributed by atoms with Crippen molar-refractivity contribution >= 4 is 5.91 Å². The highest BCUT2D eigenvalue weighted by Gasteiger charge is 2.29. The fourth-order valence-corrected chi connectivity index (χ4v) is 2.29. The fraction of sp³-hybridized carbons (Fsp3) is 0.467. The molecule has 1 amide bonds. The van der Waals surface area contributed by atoms with Crippen molar-refractivity contribution in [2.75, 3.05) is 19.8 Å². The molecule has 1 aliphatic rings. The lowest BCUT2D eigenvalue weighted by Crippen LogP contribution is -2.49. The summed E-state index contributed by atoms with van der Waals surface area (Å²) in [5.41, 5.74) is 1.02. The van der Waals surface area contributed by atoms with Crippen LogP contribution in [-0.2, 0) is 16.0 Å². The van der Waals surface area contributed by atoms with E-state index in [0.29, 0.717) is 26.2 Å². The van der Waals surface area contributed by atoms with Crippen molar-refractivity contribution in [2.45, 2.75) is 19.4 Å². The number of nitrogens with zero attached hydrogens (tertiary/aromatic N) is 2. The molecular formula is C15H18N2O2. The van der Waals surface area contributed by atoms with Crippen molar-refractivity contribution in [2.24, 2.45) is 5.92 Å². The van der Waals surface area contributed by atoms with E-state index in [2.05, 4.69) is 6.07 Å². The molecule has 0 spiro atoms. The van der Waals surface area contributed by atoms with Gasteiger partial charge in [-0.3, -0.25) is 4.79 Å². The molecule has 1 unspecified atom stereocenters. The number of benzene rings is 1. The minimum absolute atomic E-state index is 0.0490. The van der Waals surface area contributed by atoms with Gasteiger partial charge in [0.05, 0.1) is 25.3 Å². The molecule has 0 bridgehead atoms. The summed E-state index contributed by atoms with van der Waals surface area (Å²) in [5, 5.41) is 9.25. The number of morpholine rings is 1. The Morgan fingerprint density at radius 3 is 2.89 bits per heavy atom. The van der Waals surface area contributed by atoms with Crippen LogP contribution in [0, 0.1) is 17.2 Å². The summed E-state index contributed by atoms with van der Waals surface area (Å²) >= 11 is 0. The first-order chi connectivity index (χ1) is 9.22. The van der Waals surface area contributed by atoms with Gasteiger partial charge in [-0.1, -0.05) is 30.3 Å². The molecule has 0 aromatic heterocycles. The number of rotatable bonds is 3. The lowest BCUT2D eigenvalue weighted by molar-refractivity contribution is -0.141. The summed E-state index contributed by atoms with van der Waals surface area (Å²) in [5.74, 6) is -0.690. The molecule has 4 heteroatoms. The van der Waals surface area contributed by atoms with Gasteiger partial charge in [0.25, 0.3) is 0 Å². The summed E-state index contributed by atoms with van der Waals surface area (Å²) in [7, 11) is 0. The van der Waals surface area contributed by atoms with Gasteiger partial charge in [0.15, 0.2) is 0 Å². The van der Waals surface area contributed by atoms with E-state index in [9.17, 15) is 10.1 Å². The predicted octanol–water partition coefficient (Wildman–Crippen LogP) is 1.62. The second-order valence-corrected chi connectivity index (χ2v) is 4.83. The van der Waals surface area contributed by atoms with Crippen LogP contribution in [0.1, 0.15) is 12.5 Å². The van der Waals surface area contributed by atoms with E-state index in [1.165, 1.54) is 0 Å². The third kappa shape index (κ3) is 3.33. The van der Waals surface area contributed by atoms with Crippen LogP contribution in [0.2, 0.25) is 0 Å². The van der Waals surface area contributed by atoms with Crippen LogP contribution in [0.25, 0.3) is 0 Å². The summed E-state index contributed by atoms with van der Waals surface area (Å²) in [6, 6.07) is 11.8. The maximum Gasteiger partial charge on any atom is 0.240 e. The van der Waals surface area contributed by atoms with Gasteiger partial charge in [-0.25, -0.2) is 0 Å². The first-order valence-corrected chi connectivity index (χ1v) is 6.54. The Morgan fingerprint density at radius 1 is 1.53 bits per heavy atom. The molecule has 1 fully saturated rings. The number of hydrogen-bond acceptors (Lipinski definition) is 3. The molecule has 19 heavy (non-hydrogen) atoms. The summed E-state index contributed by atoms with van der Waals surface area (Å²) in [4.78, 5) is 14.2. The van der Waals surface area contributed by atoms with Crippen molar-refractivity contribution in [1.82, 2.24) is 4.90 Å². The zero-order chi connectivity index (χ0) is 13.7. The third-order valence-corrected chi connectivity index (χ3v) is 3.39. The Bertz CT molecular complexity index is 467. The van der Waals surface area contributed by atoms with Gasteiger partial charge in [0, 0.05) is 6.54 Å². The van der Waals surface area contributed by atoms with E-state index >= 15 is 0 Å². The maximum absolute atomic E-state index is 12.4. The Hall–Kier alpha value is -1.86. The molecule has 2 rings (SSSR count). The number of amides is 1. The van der Waals surface area contributed by atoms with Crippen molar-refractivity contribution in [1.29, 1.82) is 5.26 Å². The van der Waals surface area contributed by atoms with Gasteiger partial charge >= 0.3 is 0 Å². The van der Waals surface area contributed by atoms with Gasteiger partial charge in [0.1, 0.15) is 5.92 Å².